The molecule has 7 heteroatoms. The van der Waals surface area contributed by atoms with Gasteiger partial charge in [-0.3, -0.25) is 4.79 Å². The van der Waals surface area contributed by atoms with Crippen molar-refractivity contribution in [2.24, 2.45) is 0 Å². The summed E-state index contributed by atoms with van der Waals surface area (Å²) in [6, 6.07) is 17.4. The molecule has 7 nitrogen and oxygen atoms in total. The second-order valence-electron chi connectivity index (χ2n) is 6.78. The van der Waals surface area contributed by atoms with Gasteiger partial charge in [0.05, 0.1) is 12.7 Å². The maximum absolute atomic E-state index is 12.2. The Hall–Kier alpha value is -3.74. The van der Waals surface area contributed by atoms with E-state index >= 15 is 0 Å². The van der Waals surface area contributed by atoms with Crippen LogP contribution < -0.4 is 5.32 Å². The molecule has 0 aliphatic carbocycles. The number of carbonyl (C=O) groups excluding carboxylic acids is 2. The molecular formula is C23H24N4O3. The Balaban J connectivity index is 1.49. The third-order valence-electron chi connectivity index (χ3n) is 4.43. The van der Waals surface area contributed by atoms with Crippen LogP contribution >= 0.6 is 0 Å². The summed E-state index contributed by atoms with van der Waals surface area (Å²) in [6.07, 6.45) is 4.46. The number of anilines is 1. The zero-order valence-electron chi connectivity index (χ0n) is 17.0. The van der Waals surface area contributed by atoms with E-state index in [-0.39, 0.29) is 0 Å². The molecule has 1 N–H and O–H groups in total. The predicted octanol–water partition coefficient (Wildman–Crippen LogP) is 3.47. The maximum atomic E-state index is 12.2. The molecule has 0 unspecified atom stereocenters. The van der Waals surface area contributed by atoms with Crippen molar-refractivity contribution in [1.82, 2.24) is 15.0 Å². The van der Waals surface area contributed by atoms with Gasteiger partial charge < -0.3 is 10.1 Å². The van der Waals surface area contributed by atoms with Crippen LogP contribution in [0.1, 0.15) is 30.7 Å². The summed E-state index contributed by atoms with van der Waals surface area (Å²) in [4.78, 5) is 24.2. The SMILES string of the molecule is CCc1ccc(NC(=O)[C@H](C)OC(=O)/C=C/c2cn(Cc3ccccc3)nn2)cc1. The second kappa shape index (κ2) is 10.2. The lowest BCUT2D eigenvalue weighted by molar-refractivity contribution is -0.148. The highest BCUT2D eigenvalue weighted by atomic mass is 16.5. The van der Waals surface area contributed by atoms with Gasteiger partial charge in [0, 0.05) is 11.8 Å². The zero-order chi connectivity index (χ0) is 21.3. The molecule has 0 aliphatic heterocycles. The number of benzene rings is 2. The van der Waals surface area contributed by atoms with Crippen LogP contribution in [-0.2, 0) is 27.3 Å². The monoisotopic (exact) mass is 404 g/mol. The van der Waals surface area contributed by atoms with Crippen molar-refractivity contribution in [2.45, 2.75) is 32.9 Å². The van der Waals surface area contributed by atoms with Gasteiger partial charge in [0.15, 0.2) is 6.10 Å². The number of carbonyl (C=O) groups is 2. The molecule has 0 radical (unpaired) electrons. The first-order valence-electron chi connectivity index (χ1n) is 9.76. The molecule has 1 amide bonds. The molecule has 0 saturated heterocycles. The summed E-state index contributed by atoms with van der Waals surface area (Å²) >= 11 is 0. The zero-order valence-corrected chi connectivity index (χ0v) is 17.0. The number of amides is 1. The van der Waals surface area contributed by atoms with Crippen LogP contribution in [0.5, 0.6) is 0 Å². The molecule has 30 heavy (non-hydrogen) atoms. The number of hydrogen-bond donors (Lipinski definition) is 1. The summed E-state index contributed by atoms with van der Waals surface area (Å²) in [6.45, 7) is 4.17. The standard InChI is InChI=1S/C23H24N4O3/c1-3-18-9-11-20(12-10-18)24-23(29)17(2)30-22(28)14-13-21-16-27(26-25-21)15-19-7-5-4-6-8-19/h4-14,16-17H,3,15H2,1-2H3,(H,24,29)/b14-13+/t17-/m0/s1. The molecule has 0 saturated carbocycles. The van der Waals surface area contributed by atoms with Crippen molar-refractivity contribution < 1.29 is 14.3 Å². The summed E-state index contributed by atoms with van der Waals surface area (Å²) in [5, 5.41) is 10.8. The lowest BCUT2D eigenvalue weighted by atomic mass is 10.1. The molecule has 1 atom stereocenters. The lowest BCUT2D eigenvalue weighted by Gasteiger charge is -2.12. The molecule has 1 heterocycles. The van der Waals surface area contributed by atoms with Gasteiger partial charge >= 0.3 is 5.97 Å². The van der Waals surface area contributed by atoms with Crippen molar-refractivity contribution in [1.29, 1.82) is 0 Å². The lowest BCUT2D eigenvalue weighted by Crippen LogP contribution is -2.29. The number of rotatable bonds is 8. The van der Waals surface area contributed by atoms with E-state index in [1.54, 1.807) is 10.9 Å². The molecule has 0 aliphatic rings. The highest BCUT2D eigenvalue weighted by Gasteiger charge is 2.16. The van der Waals surface area contributed by atoms with Crippen LogP contribution in [0.2, 0.25) is 0 Å². The molecular weight excluding hydrogens is 380 g/mol. The third-order valence-corrected chi connectivity index (χ3v) is 4.43. The number of hydrogen-bond acceptors (Lipinski definition) is 5. The van der Waals surface area contributed by atoms with Gasteiger partial charge in [0.2, 0.25) is 0 Å². The first-order valence-corrected chi connectivity index (χ1v) is 9.76. The second-order valence-corrected chi connectivity index (χ2v) is 6.78. The fourth-order valence-corrected chi connectivity index (χ4v) is 2.73. The number of aryl methyl sites for hydroxylation is 1. The molecule has 154 valence electrons. The topological polar surface area (TPSA) is 86.1 Å². The first-order chi connectivity index (χ1) is 14.5. The Bertz CT molecular complexity index is 1010. The van der Waals surface area contributed by atoms with E-state index in [4.69, 9.17) is 4.74 Å². The van der Waals surface area contributed by atoms with Crippen LogP contribution in [0.15, 0.2) is 66.9 Å². The van der Waals surface area contributed by atoms with E-state index in [0.717, 1.165) is 12.0 Å². The van der Waals surface area contributed by atoms with E-state index in [1.165, 1.54) is 24.6 Å². The van der Waals surface area contributed by atoms with Crippen molar-refractivity contribution in [3.05, 3.63) is 83.7 Å². The number of nitrogens with one attached hydrogen (secondary N) is 1. The maximum Gasteiger partial charge on any atom is 0.331 e. The van der Waals surface area contributed by atoms with Crippen LogP contribution in [0.3, 0.4) is 0 Å². The first kappa shape index (κ1) is 21.0. The van der Waals surface area contributed by atoms with Gasteiger partial charge in [0.25, 0.3) is 5.91 Å². The van der Waals surface area contributed by atoms with Crippen molar-refractivity contribution in [2.75, 3.05) is 5.32 Å². The number of aromatic nitrogens is 3. The Kier molecular flexibility index (Phi) is 7.10. The highest BCUT2D eigenvalue weighted by Crippen LogP contribution is 2.11. The fraction of sp³-hybridized carbons (Fsp3) is 0.217. The third kappa shape index (κ3) is 6.13. The van der Waals surface area contributed by atoms with E-state index in [2.05, 4.69) is 22.6 Å². The quantitative estimate of drug-likeness (QED) is 0.459. The van der Waals surface area contributed by atoms with Crippen molar-refractivity contribution >= 4 is 23.6 Å². The van der Waals surface area contributed by atoms with Gasteiger partial charge in [0.1, 0.15) is 5.69 Å². The van der Waals surface area contributed by atoms with Crippen LogP contribution in [0.4, 0.5) is 5.69 Å². The summed E-state index contributed by atoms with van der Waals surface area (Å²) < 4.78 is 6.84. The summed E-state index contributed by atoms with van der Waals surface area (Å²) in [7, 11) is 0. The molecule has 0 bridgehead atoms. The van der Waals surface area contributed by atoms with Gasteiger partial charge in [-0.1, -0.05) is 54.6 Å². The molecule has 1 aromatic heterocycles. The average Bonchev–Trinajstić information content (AvgIpc) is 3.20. The van der Waals surface area contributed by atoms with E-state index in [1.807, 2.05) is 54.6 Å². The minimum Gasteiger partial charge on any atom is -0.449 e. The van der Waals surface area contributed by atoms with Gasteiger partial charge in [-0.2, -0.15) is 0 Å². The van der Waals surface area contributed by atoms with E-state index in [9.17, 15) is 9.59 Å². The van der Waals surface area contributed by atoms with Gasteiger partial charge in [-0.15, -0.1) is 5.10 Å². The predicted molar refractivity (Wildman–Crippen MR) is 115 cm³/mol. The molecule has 0 spiro atoms. The van der Waals surface area contributed by atoms with Gasteiger partial charge in [-0.05, 0) is 42.7 Å². The van der Waals surface area contributed by atoms with E-state index < -0.39 is 18.0 Å². The largest absolute Gasteiger partial charge is 0.449 e. The molecule has 2 aromatic carbocycles. The Morgan fingerprint density at radius 2 is 1.83 bits per heavy atom. The van der Waals surface area contributed by atoms with E-state index in [0.29, 0.717) is 17.9 Å². The smallest absolute Gasteiger partial charge is 0.331 e. The van der Waals surface area contributed by atoms with Crippen LogP contribution in [0, 0.1) is 0 Å². The molecule has 0 fully saturated rings. The van der Waals surface area contributed by atoms with Crippen LogP contribution in [0.25, 0.3) is 6.08 Å². The van der Waals surface area contributed by atoms with Gasteiger partial charge in [-0.25, -0.2) is 9.48 Å². The number of esters is 1. The summed E-state index contributed by atoms with van der Waals surface area (Å²) in [5.74, 6) is -1.02. The normalized spacial score (nSPS) is 11.9. The average molecular weight is 404 g/mol. The number of ether oxygens (including phenoxy) is 1. The minimum absolute atomic E-state index is 0.394. The van der Waals surface area contributed by atoms with Crippen LogP contribution in [-0.4, -0.2) is 33.0 Å². The van der Waals surface area contributed by atoms with Crippen molar-refractivity contribution in [3.8, 4) is 0 Å². The molecule has 3 aromatic rings. The fourth-order valence-electron chi connectivity index (χ4n) is 2.73. The highest BCUT2D eigenvalue weighted by molar-refractivity contribution is 5.96. The van der Waals surface area contributed by atoms with Crippen molar-refractivity contribution in [3.63, 3.8) is 0 Å². The Labute approximate surface area is 175 Å². The summed E-state index contributed by atoms with van der Waals surface area (Å²) in [5.41, 5.74) is 3.46. The number of nitrogens with zero attached hydrogens (tertiary/aromatic N) is 3. The Morgan fingerprint density at radius 3 is 2.53 bits per heavy atom. The minimum atomic E-state index is -0.929. The molecule has 3 rings (SSSR count). The Morgan fingerprint density at radius 1 is 1.10 bits per heavy atom.